The SMILES string of the molecule is CN=C(NCC1CCSCC1)NC1CC(C)(C)Oc2ccccc21. The minimum absolute atomic E-state index is 0.175. The predicted molar refractivity (Wildman–Crippen MR) is 103 cm³/mol. The lowest BCUT2D eigenvalue weighted by atomic mass is 9.90. The number of thioether (sulfide) groups is 1. The van der Waals surface area contributed by atoms with Gasteiger partial charge in [-0.2, -0.15) is 11.8 Å². The summed E-state index contributed by atoms with van der Waals surface area (Å²) in [4.78, 5) is 4.44. The molecule has 0 amide bonds. The smallest absolute Gasteiger partial charge is 0.191 e. The molecule has 1 saturated heterocycles. The van der Waals surface area contributed by atoms with Gasteiger partial charge in [-0.05, 0) is 50.2 Å². The third kappa shape index (κ3) is 4.38. The van der Waals surface area contributed by atoms with Gasteiger partial charge in [0.15, 0.2) is 5.96 Å². The molecule has 0 radical (unpaired) electrons. The molecule has 3 rings (SSSR count). The number of rotatable bonds is 3. The minimum atomic E-state index is -0.175. The molecular weight excluding hydrogens is 318 g/mol. The van der Waals surface area contributed by atoms with Crippen LogP contribution in [0.15, 0.2) is 29.3 Å². The van der Waals surface area contributed by atoms with E-state index in [1.165, 1.54) is 29.9 Å². The number of fused-ring (bicyclic) bond motifs is 1. The van der Waals surface area contributed by atoms with E-state index < -0.39 is 0 Å². The normalized spacial score (nSPS) is 24.0. The molecular formula is C19H29N3OS. The van der Waals surface area contributed by atoms with Crippen LogP contribution in [0, 0.1) is 5.92 Å². The van der Waals surface area contributed by atoms with Crippen molar-refractivity contribution in [3.05, 3.63) is 29.8 Å². The number of guanidine groups is 1. The highest BCUT2D eigenvalue weighted by atomic mass is 32.2. The lowest BCUT2D eigenvalue weighted by molar-refractivity contribution is 0.0694. The molecule has 0 spiro atoms. The molecule has 0 aromatic heterocycles. The van der Waals surface area contributed by atoms with Crippen LogP contribution in [0.3, 0.4) is 0 Å². The van der Waals surface area contributed by atoms with Crippen LogP contribution < -0.4 is 15.4 Å². The van der Waals surface area contributed by atoms with Crippen molar-refractivity contribution in [1.29, 1.82) is 0 Å². The lowest BCUT2D eigenvalue weighted by Crippen LogP contribution is -2.46. The van der Waals surface area contributed by atoms with Gasteiger partial charge in [0.2, 0.25) is 0 Å². The van der Waals surface area contributed by atoms with Crippen molar-refractivity contribution < 1.29 is 4.74 Å². The van der Waals surface area contributed by atoms with Gasteiger partial charge in [-0.1, -0.05) is 18.2 Å². The number of benzene rings is 1. The number of hydrogen-bond donors (Lipinski definition) is 2. The second-order valence-electron chi connectivity index (χ2n) is 7.31. The monoisotopic (exact) mass is 347 g/mol. The summed E-state index contributed by atoms with van der Waals surface area (Å²) >= 11 is 2.07. The molecule has 4 nitrogen and oxygen atoms in total. The van der Waals surface area contributed by atoms with Crippen molar-refractivity contribution in [3.63, 3.8) is 0 Å². The Morgan fingerprint density at radius 1 is 1.29 bits per heavy atom. The van der Waals surface area contributed by atoms with E-state index in [0.29, 0.717) is 0 Å². The van der Waals surface area contributed by atoms with Crippen LogP contribution in [0.25, 0.3) is 0 Å². The van der Waals surface area contributed by atoms with E-state index in [1.54, 1.807) is 0 Å². The van der Waals surface area contributed by atoms with Crippen molar-refractivity contribution in [3.8, 4) is 5.75 Å². The Bertz CT molecular complexity index is 582. The number of nitrogens with zero attached hydrogens (tertiary/aromatic N) is 1. The standard InChI is InChI=1S/C19H29N3OS/c1-19(2)12-16(15-6-4-5-7-17(15)23-19)22-18(20-3)21-13-14-8-10-24-11-9-14/h4-7,14,16H,8-13H2,1-3H3,(H2,20,21,22). The maximum Gasteiger partial charge on any atom is 0.191 e. The summed E-state index contributed by atoms with van der Waals surface area (Å²) in [5.74, 6) is 5.22. The first kappa shape index (κ1) is 17.5. The summed E-state index contributed by atoms with van der Waals surface area (Å²) < 4.78 is 6.12. The summed E-state index contributed by atoms with van der Waals surface area (Å²) in [6, 6.07) is 8.53. The fourth-order valence-corrected chi connectivity index (χ4v) is 4.69. The van der Waals surface area contributed by atoms with Crippen molar-refractivity contribution in [2.75, 3.05) is 25.1 Å². The van der Waals surface area contributed by atoms with Crippen molar-refractivity contribution in [1.82, 2.24) is 10.6 Å². The van der Waals surface area contributed by atoms with Crippen molar-refractivity contribution in [2.24, 2.45) is 10.9 Å². The first-order valence-corrected chi connectivity index (χ1v) is 10.1. The second kappa shape index (κ2) is 7.68. The van der Waals surface area contributed by atoms with Crippen LogP contribution in [-0.4, -0.2) is 36.7 Å². The first-order valence-electron chi connectivity index (χ1n) is 8.90. The third-order valence-electron chi connectivity index (χ3n) is 4.81. The number of aliphatic imine (C=N–C) groups is 1. The maximum atomic E-state index is 6.12. The van der Waals surface area contributed by atoms with Gasteiger partial charge < -0.3 is 15.4 Å². The summed E-state index contributed by atoms with van der Waals surface area (Å²) in [6.45, 7) is 5.30. The average molecular weight is 348 g/mol. The Kier molecular flexibility index (Phi) is 5.59. The highest BCUT2D eigenvalue weighted by molar-refractivity contribution is 7.99. The van der Waals surface area contributed by atoms with Gasteiger partial charge in [-0.3, -0.25) is 4.99 Å². The van der Waals surface area contributed by atoms with E-state index in [4.69, 9.17) is 4.74 Å². The lowest BCUT2D eigenvalue weighted by Gasteiger charge is -2.38. The fourth-order valence-electron chi connectivity index (χ4n) is 3.48. The van der Waals surface area contributed by atoms with Gasteiger partial charge in [0, 0.05) is 25.6 Å². The number of hydrogen-bond acceptors (Lipinski definition) is 3. The summed E-state index contributed by atoms with van der Waals surface area (Å²) in [5.41, 5.74) is 1.04. The molecule has 0 bridgehead atoms. The Balaban J connectivity index is 1.64. The van der Waals surface area contributed by atoms with Crippen LogP contribution in [0.1, 0.15) is 44.7 Å². The topological polar surface area (TPSA) is 45.7 Å². The van der Waals surface area contributed by atoms with Gasteiger partial charge in [-0.25, -0.2) is 0 Å². The second-order valence-corrected chi connectivity index (χ2v) is 8.53. The molecule has 2 heterocycles. The number of para-hydroxylation sites is 1. The number of ether oxygens (including phenoxy) is 1. The Labute approximate surface area is 149 Å². The molecule has 0 aliphatic carbocycles. The number of nitrogens with one attached hydrogen (secondary N) is 2. The fraction of sp³-hybridized carbons (Fsp3) is 0.632. The summed E-state index contributed by atoms with van der Waals surface area (Å²) in [6.07, 6.45) is 3.54. The van der Waals surface area contributed by atoms with E-state index in [2.05, 4.69) is 59.4 Å². The molecule has 1 aromatic carbocycles. The van der Waals surface area contributed by atoms with Crippen LogP contribution in [-0.2, 0) is 0 Å². The zero-order valence-corrected chi connectivity index (χ0v) is 15.8. The molecule has 1 fully saturated rings. The molecule has 2 aliphatic heterocycles. The van der Waals surface area contributed by atoms with Crippen LogP contribution in [0.4, 0.5) is 0 Å². The molecule has 1 atom stereocenters. The quantitative estimate of drug-likeness (QED) is 0.648. The molecule has 2 N–H and O–H groups in total. The van der Waals surface area contributed by atoms with E-state index in [0.717, 1.165) is 30.6 Å². The molecule has 1 unspecified atom stereocenters. The van der Waals surface area contributed by atoms with Crippen LogP contribution in [0.5, 0.6) is 5.75 Å². The Morgan fingerprint density at radius 2 is 2.04 bits per heavy atom. The third-order valence-corrected chi connectivity index (χ3v) is 5.86. The predicted octanol–water partition coefficient (Wildman–Crippen LogP) is 3.60. The zero-order valence-electron chi connectivity index (χ0n) is 15.0. The van der Waals surface area contributed by atoms with Gasteiger partial charge in [0.25, 0.3) is 0 Å². The van der Waals surface area contributed by atoms with Gasteiger partial charge in [0.1, 0.15) is 11.4 Å². The van der Waals surface area contributed by atoms with Gasteiger partial charge in [0.05, 0.1) is 6.04 Å². The van der Waals surface area contributed by atoms with Gasteiger partial charge in [-0.15, -0.1) is 0 Å². The van der Waals surface area contributed by atoms with Crippen LogP contribution in [0.2, 0.25) is 0 Å². The minimum Gasteiger partial charge on any atom is -0.487 e. The summed E-state index contributed by atoms with van der Waals surface area (Å²) in [5, 5.41) is 7.14. The van der Waals surface area contributed by atoms with E-state index in [1.807, 2.05) is 13.1 Å². The van der Waals surface area contributed by atoms with E-state index >= 15 is 0 Å². The van der Waals surface area contributed by atoms with Crippen molar-refractivity contribution in [2.45, 2.75) is 44.8 Å². The Hall–Kier alpha value is -1.36. The molecule has 1 aromatic rings. The Morgan fingerprint density at radius 3 is 2.79 bits per heavy atom. The molecule has 5 heteroatoms. The first-order chi connectivity index (χ1) is 11.6. The highest BCUT2D eigenvalue weighted by Crippen LogP contribution is 2.39. The molecule has 132 valence electrons. The van der Waals surface area contributed by atoms with Gasteiger partial charge >= 0.3 is 0 Å². The highest BCUT2D eigenvalue weighted by Gasteiger charge is 2.34. The van der Waals surface area contributed by atoms with Crippen molar-refractivity contribution >= 4 is 17.7 Å². The summed E-state index contributed by atoms with van der Waals surface area (Å²) in [7, 11) is 1.85. The van der Waals surface area contributed by atoms with Crippen LogP contribution >= 0.6 is 11.8 Å². The maximum absolute atomic E-state index is 6.12. The average Bonchev–Trinajstić information content (AvgIpc) is 2.58. The molecule has 2 aliphatic rings. The molecule has 0 saturated carbocycles. The van der Waals surface area contributed by atoms with E-state index in [9.17, 15) is 0 Å². The molecule has 24 heavy (non-hydrogen) atoms. The van der Waals surface area contributed by atoms with E-state index in [-0.39, 0.29) is 11.6 Å². The zero-order chi connectivity index (χ0) is 17.0. The largest absolute Gasteiger partial charge is 0.487 e.